The van der Waals surface area contributed by atoms with E-state index in [0.717, 1.165) is 12.8 Å². The smallest absolute Gasteiger partial charge is 0.243 e. The predicted molar refractivity (Wildman–Crippen MR) is 56.5 cm³/mol. The maximum absolute atomic E-state index is 11.1. The molecule has 0 aliphatic rings. The lowest BCUT2D eigenvalue weighted by atomic mass is 10.1. The van der Waals surface area contributed by atoms with E-state index in [1.165, 1.54) is 0 Å². The van der Waals surface area contributed by atoms with Crippen LogP contribution in [0.1, 0.15) is 40.5 Å². The van der Waals surface area contributed by atoms with Crippen LogP contribution in [-0.2, 0) is 4.79 Å². The van der Waals surface area contributed by atoms with Gasteiger partial charge in [0.1, 0.15) is 0 Å². The number of allylic oxidation sites excluding steroid dienone is 1. The van der Waals surface area contributed by atoms with Gasteiger partial charge in [0.2, 0.25) is 5.91 Å². The third kappa shape index (κ3) is 9.12. The minimum atomic E-state index is 0.0127. The quantitative estimate of drug-likeness (QED) is 0.652. The minimum Gasteiger partial charge on any atom is -0.350 e. The Hall–Kier alpha value is -0.790. The summed E-state index contributed by atoms with van der Waals surface area (Å²) >= 11 is 0. The molecular weight excluding hydrogens is 162 g/mol. The standard InChI is InChI=1S/C11H21NO/c1-9(2)7-5-6-8-11(13)12-10(3)4/h6,8-10H,5,7H2,1-4H3,(H,12,13)/b8-6+. The van der Waals surface area contributed by atoms with Crippen LogP contribution in [0.4, 0.5) is 0 Å². The van der Waals surface area contributed by atoms with Gasteiger partial charge in [0.15, 0.2) is 0 Å². The average molecular weight is 183 g/mol. The number of amides is 1. The molecule has 0 aliphatic carbocycles. The molecule has 0 heterocycles. The van der Waals surface area contributed by atoms with Gasteiger partial charge in [-0.25, -0.2) is 0 Å². The zero-order chi connectivity index (χ0) is 10.3. The molecule has 2 heteroatoms. The van der Waals surface area contributed by atoms with E-state index in [1.807, 2.05) is 19.9 Å². The van der Waals surface area contributed by atoms with Crippen LogP contribution in [0.3, 0.4) is 0 Å². The Morgan fingerprint density at radius 1 is 1.31 bits per heavy atom. The van der Waals surface area contributed by atoms with Crippen LogP contribution in [0.25, 0.3) is 0 Å². The molecule has 0 radical (unpaired) electrons. The first-order valence-electron chi connectivity index (χ1n) is 4.99. The second kappa shape index (κ2) is 6.70. The Morgan fingerprint density at radius 3 is 2.38 bits per heavy atom. The van der Waals surface area contributed by atoms with E-state index in [4.69, 9.17) is 0 Å². The van der Waals surface area contributed by atoms with Gasteiger partial charge in [0, 0.05) is 6.04 Å². The summed E-state index contributed by atoms with van der Waals surface area (Å²) < 4.78 is 0. The highest BCUT2D eigenvalue weighted by Gasteiger charge is 1.96. The van der Waals surface area contributed by atoms with Crippen molar-refractivity contribution in [1.82, 2.24) is 5.32 Å². The monoisotopic (exact) mass is 183 g/mol. The summed E-state index contributed by atoms with van der Waals surface area (Å²) in [6.07, 6.45) is 5.70. The molecule has 0 unspecified atom stereocenters. The average Bonchev–Trinajstić information content (AvgIpc) is 1.96. The van der Waals surface area contributed by atoms with Gasteiger partial charge in [-0.3, -0.25) is 4.79 Å². The summed E-state index contributed by atoms with van der Waals surface area (Å²) in [5.74, 6) is 0.719. The first kappa shape index (κ1) is 12.2. The molecule has 0 aromatic carbocycles. The van der Waals surface area contributed by atoms with Gasteiger partial charge in [-0.15, -0.1) is 0 Å². The topological polar surface area (TPSA) is 29.1 Å². The van der Waals surface area contributed by atoms with Gasteiger partial charge in [0.25, 0.3) is 0 Å². The molecule has 1 amide bonds. The van der Waals surface area contributed by atoms with Gasteiger partial charge in [-0.05, 0) is 38.7 Å². The number of rotatable bonds is 5. The Kier molecular flexibility index (Phi) is 6.29. The summed E-state index contributed by atoms with van der Waals surface area (Å²) in [4.78, 5) is 11.1. The molecule has 0 atom stereocenters. The van der Waals surface area contributed by atoms with E-state index >= 15 is 0 Å². The van der Waals surface area contributed by atoms with Crippen molar-refractivity contribution in [3.63, 3.8) is 0 Å². The third-order valence-electron chi connectivity index (χ3n) is 1.61. The van der Waals surface area contributed by atoms with Crippen LogP contribution >= 0.6 is 0 Å². The maximum Gasteiger partial charge on any atom is 0.243 e. The summed E-state index contributed by atoms with van der Waals surface area (Å²) in [6.45, 7) is 8.28. The van der Waals surface area contributed by atoms with Crippen molar-refractivity contribution in [2.75, 3.05) is 0 Å². The molecule has 0 bridgehead atoms. The number of carbonyl (C=O) groups excluding carboxylic acids is 1. The lowest BCUT2D eigenvalue weighted by Gasteiger charge is -2.04. The molecule has 13 heavy (non-hydrogen) atoms. The molecule has 0 rings (SSSR count). The molecule has 0 saturated carbocycles. The number of nitrogens with one attached hydrogen (secondary N) is 1. The van der Waals surface area contributed by atoms with Crippen molar-refractivity contribution >= 4 is 5.91 Å². The van der Waals surface area contributed by atoms with Crippen LogP contribution < -0.4 is 5.32 Å². The minimum absolute atomic E-state index is 0.0127. The first-order chi connectivity index (χ1) is 6.02. The summed E-state index contributed by atoms with van der Waals surface area (Å²) in [5, 5.41) is 2.81. The zero-order valence-electron chi connectivity index (χ0n) is 9.13. The van der Waals surface area contributed by atoms with E-state index < -0.39 is 0 Å². The van der Waals surface area contributed by atoms with Crippen molar-refractivity contribution in [2.45, 2.75) is 46.6 Å². The lowest BCUT2D eigenvalue weighted by Crippen LogP contribution is -2.28. The van der Waals surface area contributed by atoms with Crippen LogP contribution in [0.15, 0.2) is 12.2 Å². The van der Waals surface area contributed by atoms with Crippen LogP contribution in [0.2, 0.25) is 0 Å². The zero-order valence-corrected chi connectivity index (χ0v) is 9.13. The van der Waals surface area contributed by atoms with Gasteiger partial charge < -0.3 is 5.32 Å². The van der Waals surface area contributed by atoms with Crippen molar-refractivity contribution in [1.29, 1.82) is 0 Å². The fourth-order valence-corrected chi connectivity index (χ4v) is 0.953. The van der Waals surface area contributed by atoms with E-state index in [0.29, 0.717) is 5.92 Å². The molecule has 0 aliphatic heterocycles. The van der Waals surface area contributed by atoms with Gasteiger partial charge in [-0.2, -0.15) is 0 Å². The molecule has 0 fully saturated rings. The SMILES string of the molecule is CC(C)CC/C=C/C(=O)NC(C)C. The second-order valence-corrected chi connectivity index (χ2v) is 4.04. The van der Waals surface area contributed by atoms with E-state index in [9.17, 15) is 4.79 Å². The summed E-state index contributed by atoms with van der Waals surface area (Å²) in [6, 6.07) is 0.224. The van der Waals surface area contributed by atoms with E-state index in [1.54, 1.807) is 6.08 Å². The number of carbonyl (C=O) groups is 1. The van der Waals surface area contributed by atoms with Crippen LogP contribution in [-0.4, -0.2) is 11.9 Å². The highest BCUT2D eigenvalue weighted by Crippen LogP contribution is 2.03. The van der Waals surface area contributed by atoms with Gasteiger partial charge >= 0.3 is 0 Å². The molecule has 2 nitrogen and oxygen atoms in total. The molecule has 0 aromatic rings. The number of hydrogen-bond acceptors (Lipinski definition) is 1. The Balaban J connectivity index is 3.54. The molecule has 0 saturated heterocycles. The summed E-state index contributed by atoms with van der Waals surface area (Å²) in [5.41, 5.74) is 0. The fourth-order valence-electron chi connectivity index (χ4n) is 0.953. The number of hydrogen-bond donors (Lipinski definition) is 1. The fraction of sp³-hybridized carbons (Fsp3) is 0.727. The van der Waals surface area contributed by atoms with E-state index in [-0.39, 0.29) is 11.9 Å². The molecule has 0 aromatic heterocycles. The third-order valence-corrected chi connectivity index (χ3v) is 1.61. The lowest BCUT2D eigenvalue weighted by molar-refractivity contribution is -0.116. The highest BCUT2D eigenvalue weighted by molar-refractivity contribution is 5.87. The van der Waals surface area contributed by atoms with E-state index in [2.05, 4.69) is 19.2 Å². The molecule has 0 spiro atoms. The van der Waals surface area contributed by atoms with Gasteiger partial charge in [0.05, 0.1) is 0 Å². The van der Waals surface area contributed by atoms with Crippen molar-refractivity contribution in [3.05, 3.63) is 12.2 Å². The Bertz CT molecular complexity index is 171. The van der Waals surface area contributed by atoms with Crippen molar-refractivity contribution in [2.24, 2.45) is 5.92 Å². The van der Waals surface area contributed by atoms with Crippen LogP contribution in [0, 0.1) is 5.92 Å². The normalized spacial score (nSPS) is 11.5. The molecular formula is C11H21NO. The predicted octanol–water partition coefficient (Wildman–Crippen LogP) is 2.50. The highest BCUT2D eigenvalue weighted by atomic mass is 16.1. The summed E-state index contributed by atoms with van der Waals surface area (Å²) in [7, 11) is 0. The maximum atomic E-state index is 11.1. The second-order valence-electron chi connectivity index (χ2n) is 4.04. The van der Waals surface area contributed by atoms with Crippen molar-refractivity contribution in [3.8, 4) is 0 Å². The Morgan fingerprint density at radius 2 is 1.92 bits per heavy atom. The Labute approximate surface area is 81.4 Å². The largest absolute Gasteiger partial charge is 0.350 e. The van der Waals surface area contributed by atoms with Gasteiger partial charge in [-0.1, -0.05) is 19.9 Å². The van der Waals surface area contributed by atoms with Crippen molar-refractivity contribution < 1.29 is 4.79 Å². The molecule has 76 valence electrons. The molecule has 1 N–H and O–H groups in total. The first-order valence-corrected chi connectivity index (χ1v) is 4.99. The van der Waals surface area contributed by atoms with Crippen LogP contribution in [0.5, 0.6) is 0 Å².